The Morgan fingerprint density at radius 3 is 2.92 bits per heavy atom. The lowest BCUT2D eigenvalue weighted by atomic mass is 10.1. The number of hydrogen-bond donors (Lipinski definition) is 3. The van der Waals surface area contributed by atoms with E-state index < -0.39 is 6.10 Å². The predicted octanol–water partition coefficient (Wildman–Crippen LogP) is 0.546. The molecule has 2 aromatic rings. The minimum absolute atomic E-state index is 0.134. The van der Waals surface area contributed by atoms with E-state index in [1.165, 1.54) is 6.20 Å². The molecule has 0 aromatic carbocycles. The number of hydrogen-bond acceptors (Lipinski definition) is 8. The van der Waals surface area contributed by atoms with Crippen LogP contribution in [-0.2, 0) is 16.5 Å². The van der Waals surface area contributed by atoms with Crippen LogP contribution in [0.25, 0.3) is 0 Å². The van der Waals surface area contributed by atoms with Crippen LogP contribution in [0.15, 0.2) is 18.6 Å². The smallest absolute Gasteiger partial charge is 0.229 e. The lowest BCUT2D eigenvalue weighted by Crippen LogP contribution is -2.36. The van der Waals surface area contributed by atoms with Crippen molar-refractivity contribution in [3.05, 3.63) is 23.6 Å². The highest BCUT2D eigenvalue weighted by molar-refractivity contribution is 6.32. The number of rotatable bonds is 4. The number of halogens is 1. The second kappa shape index (κ2) is 6.17. The summed E-state index contributed by atoms with van der Waals surface area (Å²) >= 11 is 6.19. The quantitative estimate of drug-likeness (QED) is 0.732. The molecule has 2 aliphatic rings. The SMILES string of the molecule is Cn1cc(Nc2ncc(Cl)c(N[C@@H]3COC4C3OC[C@@H]4O)n2)cn1. The van der Waals surface area contributed by atoms with Crippen LogP contribution in [0.5, 0.6) is 0 Å². The molecule has 9 nitrogen and oxygen atoms in total. The van der Waals surface area contributed by atoms with Crippen molar-refractivity contribution in [2.45, 2.75) is 24.4 Å². The van der Waals surface area contributed by atoms with Crippen LogP contribution in [0.3, 0.4) is 0 Å². The molecule has 2 fully saturated rings. The molecule has 0 radical (unpaired) electrons. The second-order valence-electron chi connectivity index (χ2n) is 5.83. The first-order valence-corrected chi connectivity index (χ1v) is 7.94. The monoisotopic (exact) mass is 352 g/mol. The molecule has 2 aliphatic heterocycles. The Morgan fingerprint density at radius 2 is 2.12 bits per heavy atom. The Labute approximate surface area is 143 Å². The van der Waals surface area contributed by atoms with Gasteiger partial charge in [0.25, 0.3) is 0 Å². The molecule has 10 heteroatoms. The molecule has 0 spiro atoms. The lowest BCUT2D eigenvalue weighted by molar-refractivity contribution is 0.0184. The lowest BCUT2D eigenvalue weighted by Gasteiger charge is -2.18. The van der Waals surface area contributed by atoms with E-state index in [1.54, 1.807) is 10.9 Å². The largest absolute Gasteiger partial charge is 0.388 e. The Kier molecular flexibility index (Phi) is 4.01. The van der Waals surface area contributed by atoms with Gasteiger partial charge in [-0.05, 0) is 0 Å². The molecule has 4 heterocycles. The van der Waals surface area contributed by atoms with Crippen molar-refractivity contribution < 1.29 is 14.6 Å². The summed E-state index contributed by atoms with van der Waals surface area (Å²) in [5.41, 5.74) is 0.775. The molecule has 0 amide bonds. The zero-order chi connectivity index (χ0) is 16.7. The number of anilines is 3. The number of nitrogens with one attached hydrogen (secondary N) is 2. The Balaban J connectivity index is 1.49. The van der Waals surface area contributed by atoms with Crippen molar-refractivity contribution >= 4 is 29.1 Å². The maximum Gasteiger partial charge on any atom is 0.229 e. The third-order valence-electron chi connectivity index (χ3n) is 4.05. The van der Waals surface area contributed by atoms with E-state index in [9.17, 15) is 5.11 Å². The molecule has 4 atom stereocenters. The standard InChI is InChI=1S/C14H17ClN6O3/c1-21-4-7(2-17-21)18-14-16-3-8(15)13(20-14)19-9-5-23-12-10(22)6-24-11(9)12/h2-4,9-12,22H,5-6H2,1H3,(H2,16,18,19,20)/t9-,10+,11?,12?/m1/s1. The van der Waals surface area contributed by atoms with E-state index in [4.69, 9.17) is 21.1 Å². The van der Waals surface area contributed by atoms with Crippen LogP contribution >= 0.6 is 11.6 Å². The number of aryl methyl sites for hydroxylation is 1. The highest BCUT2D eigenvalue weighted by Gasteiger charge is 2.47. The van der Waals surface area contributed by atoms with Gasteiger partial charge in [-0.1, -0.05) is 11.6 Å². The van der Waals surface area contributed by atoms with Crippen LogP contribution in [0, 0.1) is 0 Å². The molecule has 3 N–H and O–H groups in total. The summed E-state index contributed by atoms with van der Waals surface area (Å²) in [7, 11) is 1.83. The third kappa shape index (κ3) is 2.91. The van der Waals surface area contributed by atoms with E-state index in [1.807, 2.05) is 13.2 Å². The van der Waals surface area contributed by atoms with Crippen LogP contribution in [0.2, 0.25) is 5.02 Å². The second-order valence-corrected chi connectivity index (χ2v) is 6.24. The average Bonchev–Trinajstić information content (AvgIpc) is 3.23. The maximum atomic E-state index is 9.80. The number of fused-ring (bicyclic) bond motifs is 1. The van der Waals surface area contributed by atoms with Crippen molar-refractivity contribution in [1.29, 1.82) is 0 Å². The highest BCUT2D eigenvalue weighted by atomic mass is 35.5. The molecule has 128 valence electrons. The molecule has 0 aliphatic carbocycles. The molecular formula is C14H17ClN6O3. The number of aromatic nitrogens is 4. The molecule has 2 saturated heterocycles. The Hall–Kier alpha value is -1.94. The fourth-order valence-corrected chi connectivity index (χ4v) is 3.07. The number of aliphatic hydroxyl groups is 1. The number of ether oxygens (including phenoxy) is 2. The van der Waals surface area contributed by atoms with Crippen LogP contribution in [0.4, 0.5) is 17.5 Å². The van der Waals surface area contributed by atoms with Crippen molar-refractivity contribution in [1.82, 2.24) is 19.7 Å². The highest BCUT2D eigenvalue weighted by Crippen LogP contribution is 2.30. The van der Waals surface area contributed by atoms with Gasteiger partial charge < -0.3 is 25.2 Å². The third-order valence-corrected chi connectivity index (χ3v) is 4.33. The van der Waals surface area contributed by atoms with Crippen LogP contribution < -0.4 is 10.6 Å². The fourth-order valence-electron chi connectivity index (χ4n) is 2.92. The minimum Gasteiger partial charge on any atom is -0.388 e. The summed E-state index contributed by atoms with van der Waals surface area (Å²) < 4.78 is 12.9. The zero-order valence-corrected chi connectivity index (χ0v) is 13.6. The summed E-state index contributed by atoms with van der Waals surface area (Å²) in [5, 5.41) is 20.6. The van der Waals surface area contributed by atoms with Crippen molar-refractivity contribution in [2.24, 2.45) is 7.05 Å². The van der Waals surface area contributed by atoms with Gasteiger partial charge in [-0.15, -0.1) is 0 Å². The average molecular weight is 353 g/mol. The van der Waals surface area contributed by atoms with E-state index in [0.717, 1.165) is 5.69 Å². The van der Waals surface area contributed by atoms with Crippen LogP contribution in [-0.4, -0.2) is 62.4 Å². The van der Waals surface area contributed by atoms with E-state index in [-0.39, 0.29) is 24.9 Å². The molecule has 24 heavy (non-hydrogen) atoms. The minimum atomic E-state index is -0.592. The zero-order valence-electron chi connectivity index (χ0n) is 12.9. The summed E-state index contributed by atoms with van der Waals surface area (Å²) in [6, 6.07) is -0.134. The summed E-state index contributed by atoms with van der Waals surface area (Å²) in [4.78, 5) is 8.56. The Bertz CT molecular complexity index is 741. The normalized spacial score (nSPS) is 28.8. The van der Waals surface area contributed by atoms with Crippen molar-refractivity contribution in [3.63, 3.8) is 0 Å². The van der Waals surface area contributed by atoms with Gasteiger partial charge in [0.15, 0.2) is 5.82 Å². The molecule has 2 unspecified atom stereocenters. The topological polar surface area (TPSA) is 106 Å². The van der Waals surface area contributed by atoms with Crippen molar-refractivity contribution in [3.8, 4) is 0 Å². The molecule has 4 rings (SSSR count). The maximum absolute atomic E-state index is 9.80. The first-order chi connectivity index (χ1) is 11.6. The summed E-state index contributed by atoms with van der Waals surface area (Å²) in [6.07, 6.45) is 3.89. The van der Waals surface area contributed by atoms with Gasteiger partial charge >= 0.3 is 0 Å². The van der Waals surface area contributed by atoms with E-state index in [2.05, 4.69) is 25.7 Å². The predicted molar refractivity (Wildman–Crippen MR) is 86.4 cm³/mol. The molecule has 2 aromatic heterocycles. The summed E-state index contributed by atoms with van der Waals surface area (Å²) in [5.74, 6) is 0.884. The Morgan fingerprint density at radius 1 is 1.29 bits per heavy atom. The van der Waals surface area contributed by atoms with Crippen molar-refractivity contribution in [2.75, 3.05) is 23.8 Å². The molecular weight excluding hydrogens is 336 g/mol. The molecule has 0 bridgehead atoms. The van der Waals surface area contributed by atoms with Gasteiger partial charge in [-0.25, -0.2) is 4.98 Å². The van der Waals surface area contributed by atoms with Crippen LogP contribution in [0.1, 0.15) is 0 Å². The van der Waals surface area contributed by atoms with Gasteiger partial charge in [-0.3, -0.25) is 4.68 Å². The van der Waals surface area contributed by atoms with E-state index in [0.29, 0.717) is 23.4 Å². The van der Waals surface area contributed by atoms with Gasteiger partial charge in [0.05, 0.1) is 37.3 Å². The van der Waals surface area contributed by atoms with Gasteiger partial charge in [-0.2, -0.15) is 10.1 Å². The first kappa shape index (κ1) is 15.6. The summed E-state index contributed by atoms with van der Waals surface area (Å²) in [6.45, 7) is 0.691. The van der Waals surface area contributed by atoms with Gasteiger partial charge in [0.1, 0.15) is 23.3 Å². The molecule has 0 saturated carbocycles. The first-order valence-electron chi connectivity index (χ1n) is 7.56. The van der Waals surface area contributed by atoms with Gasteiger partial charge in [0.2, 0.25) is 5.95 Å². The van der Waals surface area contributed by atoms with E-state index >= 15 is 0 Å². The number of aliphatic hydroxyl groups excluding tert-OH is 1. The number of nitrogens with zero attached hydrogens (tertiary/aromatic N) is 4. The fraction of sp³-hybridized carbons (Fsp3) is 0.500. The van der Waals surface area contributed by atoms with Gasteiger partial charge in [0, 0.05) is 13.2 Å².